The molecule has 0 bridgehead atoms. The number of phenols is 2. The van der Waals surface area contributed by atoms with Crippen LogP contribution in [0.15, 0.2) is 126 Å². The van der Waals surface area contributed by atoms with E-state index in [1.54, 1.807) is 30.5 Å². The van der Waals surface area contributed by atoms with Gasteiger partial charge in [0, 0.05) is 54.6 Å². The summed E-state index contributed by atoms with van der Waals surface area (Å²) in [6, 6.07) is 37.8. The SMILES string of the molecule is CC1(C)OB(c2ccnn2COCC[Si](C)(C)C)OC1(C)C.C[Si](C)(C)CCOCn1nccc1-c1ccc(Cc2ccc(O)cc2)cc1.Oc1ccc(Cc2ccc(Br)cc2)cc1.[B]. The van der Waals surface area contributed by atoms with Crippen LogP contribution < -0.4 is 5.59 Å². The molecule has 0 atom stereocenters. The van der Waals surface area contributed by atoms with Gasteiger partial charge in [-0.2, -0.15) is 10.2 Å². The molecule has 0 amide bonds. The fourth-order valence-electron chi connectivity index (χ4n) is 6.45. The molecule has 0 saturated carbocycles. The van der Waals surface area contributed by atoms with E-state index in [4.69, 9.17) is 23.9 Å². The minimum absolute atomic E-state index is 0. The minimum Gasteiger partial charge on any atom is -0.508 e. The maximum absolute atomic E-state index is 9.39. The molecule has 15 heteroatoms. The molecule has 1 aliphatic rings. The van der Waals surface area contributed by atoms with E-state index in [1.807, 2.05) is 64.1 Å². The molecule has 1 saturated heterocycles. The molecule has 2 aromatic heterocycles. The smallest absolute Gasteiger partial charge is 0.508 e. The number of ether oxygens (including phenoxy) is 2. The number of benzene rings is 4. The van der Waals surface area contributed by atoms with E-state index in [9.17, 15) is 5.11 Å². The first-order valence-electron chi connectivity index (χ1n) is 22.1. The predicted octanol–water partition coefficient (Wildman–Crippen LogP) is 11.0. The van der Waals surface area contributed by atoms with E-state index in [0.717, 1.165) is 59.5 Å². The summed E-state index contributed by atoms with van der Waals surface area (Å²) in [7, 11) is -2.52. The maximum Gasteiger partial charge on any atom is 0.514 e. The standard InChI is InChI=1S/C22H28N2O2Si.C15H29BN2O3Si.C13H11BrO.B/c1-27(2,3)15-14-26-17-24-22(12-13-23-24)20-8-4-18(5-9-20)16-19-6-10-21(25)11-7-19;1-14(2)15(3,4)21-16(20-14)13-8-9-17-18(13)12-19-10-11-22(5,6)7;14-12-5-1-10(2-6-12)9-11-3-7-13(15)8-4-11;/h4-13,25H,14-17H2,1-3H3;8-9H,10-12H2,1-7H3;1-8,15H,9H2;. The van der Waals surface area contributed by atoms with Crippen molar-refractivity contribution in [2.45, 2.75) is 117 Å². The molecular formula is C50H68B2BrN4O6Si2. The number of halogens is 1. The molecular weight excluding hydrogens is 910 g/mol. The first-order chi connectivity index (χ1) is 30.2. The number of nitrogens with zero attached hydrogens (tertiary/aromatic N) is 4. The monoisotopic (exact) mass is 977 g/mol. The number of hydrogen-bond acceptors (Lipinski definition) is 8. The second kappa shape index (κ2) is 24.0. The highest BCUT2D eigenvalue weighted by Crippen LogP contribution is 2.36. The van der Waals surface area contributed by atoms with Crippen LogP contribution in [0.25, 0.3) is 11.3 Å². The molecule has 1 fully saturated rings. The van der Waals surface area contributed by atoms with Crippen LogP contribution in [0.5, 0.6) is 11.5 Å². The Labute approximate surface area is 400 Å². The van der Waals surface area contributed by atoms with E-state index in [0.29, 0.717) is 25.0 Å². The zero-order valence-corrected chi connectivity index (χ0v) is 43.6. The van der Waals surface area contributed by atoms with Crippen LogP contribution in [0.3, 0.4) is 0 Å². The molecule has 345 valence electrons. The fourth-order valence-corrected chi connectivity index (χ4v) is 8.23. The van der Waals surface area contributed by atoms with Crippen molar-refractivity contribution in [2.24, 2.45) is 0 Å². The van der Waals surface area contributed by atoms with Crippen LogP contribution in [0, 0.1) is 0 Å². The highest BCUT2D eigenvalue weighted by Gasteiger charge is 2.52. The Balaban J connectivity index is 0.000000220. The summed E-state index contributed by atoms with van der Waals surface area (Å²) in [5.41, 5.74) is 7.32. The van der Waals surface area contributed by atoms with Crippen molar-refractivity contribution in [3.63, 3.8) is 0 Å². The molecule has 0 unspecified atom stereocenters. The van der Waals surface area contributed by atoms with Gasteiger partial charge in [0.25, 0.3) is 0 Å². The lowest BCUT2D eigenvalue weighted by molar-refractivity contribution is 0.00578. The molecule has 1 aliphatic heterocycles. The van der Waals surface area contributed by atoms with Gasteiger partial charge < -0.3 is 29.0 Å². The van der Waals surface area contributed by atoms with Gasteiger partial charge in [-0.05, 0) is 129 Å². The van der Waals surface area contributed by atoms with Gasteiger partial charge in [0.2, 0.25) is 0 Å². The Kier molecular flexibility index (Phi) is 19.7. The summed E-state index contributed by atoms with van der Waals surface area (Å²) in [5.74, 6) is 0.615. The molecule has 6 aromatic rings. The Morgan fingerprint density at radius 2 is 0.954 bits per heavy atom. The molecule has 0 spiro atoms. The van der Waals surface area contributed by atoms with Crippen LogP contribution in [0.4, 0.5) is 0 Å². The average Bonchev–Trinajstić information content (AvgIpc) is 3.95. The van der Waals surface area contributed by atoms with Crippen molar-refractivity contribution in [2.75, 3.05) is 13.2 Å². The molecule has 3 heterocycles. The third-order valence-electron chi connectivity index (χ3n) is 11.2. The van der Waals surface area contributed by atoms with E-state index < -0.39 is 23.3 Å². The molecule has 4 aromatic carbocycles. The summed E-state index contributed by atoms with van der Waals surface area (Å²) < 4.78 is 28.6. The lowest BCUT2D eigenvalue weighted by atomic mass is 9.85. The summed E-state index contributed by atoms with van der Waals surface area (Å²) >= 11 is 3.41. The second-order valence-electron chi connectivity index (χ2n) is 19.8. The fraction of sp³-hybridized carbons (Fsp3) is 0.400. The van der Waals surface area contributed by atoms with Gasteiger partial charge in [-0.3, -0.25) is 0 Å². The van der Waals surface area contributed by atoms with Crippen molar-refractivity contribution in [3.05, 3.63) is 148 Å². The van der Waals surface area contributed by atoms with Gasteiger partial charge in [-0.1, -0.05) is 116 Å². The van der Waals surface area contributed by atoms with Crippen molar-refractivity contribution in [1.82, 2.24) is 19.6 Å². The highest BCUT2D eigenvalue weighted by molar-refractivity contribution is 9.10. The largest absolute Gasteiger partial charge is 0.514 e. The zero-order chi connectivity index (χ0) is 46.5. The number of rotatable bonds is 16. The minimum atomic E-state index is -1.07. The van der Waals surface area contributed by atoms with Gasteiger partial charge in [0.15, 0.2) is 0 Å². The second-order valence-corrected chi connectivity index (χ2v) is 31.9. The molecule has 0 aliphatic carbocycles. The molecule has 7 rings (SSSR count). The third kappa shape index (κ3) is 17.5. The summed E-state index contributed by atoms with van der Waals surface area (Å²) in [5, 5.41) is 27.3. The lowest BCUT2D eigenvalue weighted by Crippen LogP contribution is -2.41. The zero-order valence-electron chi connectivity index (χ0n) is 40.1. The van der Waals surface area contributed by atoms with Crippen molar-refractivity contribution in [3.8, 4) is 22.8 Å². The molecule has 2 N–H and O–H groups in total. The Hall–Kier alpha value is -4.22. The van der Waals surface area contributed by atoms with E-state index in [2.05, 4.69) is 130 Å². The average molecular weight is 979 g/mol. The first-order valence-corrected chi connectivity index (χ1v) is 30.3. The van der Waals surface area contributed by atoms with Gasteiger partial charge >= 0.3 is 7.12 Å². The summed E-state index contributed by atoms with van der Waals surface area (Å²) in [4.78, 5) is 0. The van der Waals surface area contributed by atoms with E-state index in [1.165, 1.54) is 22.3 Å². The van der Waals surface area contributed by atoms with Crippen LogP contribution in [0.2, 0.25) is 51.4 Å². The Morgan fingerprint density at radius 3 is 1.40 bits per heavy atom. The Bertz CT molecular complexity index is 2250. The highest BCUT2D eigenvalue weighted by atomic mass is 79.9. The lowest BCUT2D eigenvalue weighted by Gasteiger charge is -2.32. The van der Waals surface area contributed by atoms with Crippen LogP contribution >= 0.6 is 15.9 Å². The quantitative estimate of drug-likeness (QED) is 0.0728. The first kappa shape index (κ1) is 53.4. The summed E-state index contributed by atoms with van der Waals surface area (Å²) in [6.45, 7) is 24.8. The van der Waals surface area contributed by atoms with Gasteiger partial charge in [-0.25, -0.2) is 9.36 Å². The molecule has 3 radical (unpaired) electrons. The number of phenolic OH excluding ortho intramolecular Hbond substituents is 2. The normalized spacial score (nSPS) is 14.2. The van der Waals surface area contributed by atoms with E-state index >= 15 is 0 Å². The predicted molar refractivity (Wildman–Crippen MR) is 276 cm³/mol. The van der Waals surface area contributed by atoms with Crippen LogP contribution in [-0.2, 0) is 45.1 Å². The maximum atomic E-state index is 9.39. The van der Waals surface area contributed by atoms with Crippen LogP contribution in [-0.4, -0.2) is 85.9 Å². The molecule has 10 nitrogen and oxygen atoms in total. The number of aromatic hydroxyl groups is 2. The summed E-state index contributed by atoms with van der Waals surface area (Å²) in [6.07, 6.45) is 5.33. The topological polar surface area (TPSA) is 113 Å². The number of hydrogen-bond donors (Lipinski definition) is 2. The van der Waals surface area contributed by atoms with Crippen molar-refractivity contribution < 1.29 is 29.0 Å². The van der Waals surface area contributed by atoms with E-state index in [-0.39, 0.29) is 19.6 Å². The number of aromatic nitrogens is 4. The Morgan fingerprint density at radius 1 is 0.569 bits per heavy atom. The van der Waals surface area contributed by atoms with Crippen molar-refractivity contribution in [1.29, 1.82) is 0 Å². The molecule has 65 heavy (non-hydrogen) atoms. The van der Waals surface area contributed by atoms with Gasteiger partial charge in [0.05, 0.1) is 22.5 Å². The van der Waals surface area contributed by atoms with Gasteiger partial charge in [-0.15, -0.1) is 0 Å². The third-order valence-corrected chi connectivity index (χ3v) is 15.2. The van der Waals surface area contributed by atoms with Gasteiger partial charge in [0.1, 0.15) is 25.0 Å². The van der Waals surface area contributed by atoms with Crippen LogP contribution in [0.1, 0.15) is 49.9 Å². The van der Waals surface area contributed by atoms with Crippen molar-refractivity contribution >= 4 is 53.2 Å².